The molecule has 28 heavy (non-hydrogen) atoms. The van der Waals surface area contributed by atoms with Crippen molar-refractivity contribution in [3.63, 3.8) is 0 Å². The van der Waals surface area contributed by atoms with E-state index in [9.17, 15) is 22.0 Å². The van der Waals surface area contributed by atoms with Gasteiger partial charge in [-0.25, -0.2) is 17.2 Å². The number of rotatable bonds is 6. The summed E-state index contributed by atoms with van der Waals surface area (Å²) in [5.74, 6) is -2.49. The normalized spacial score (nSPS) is 24.1. The Morgan fingerprint density at radius 3 is 2.71 bits per heavy atom. The van der Waals surface area contributed by atoms with Gasteiger partial charge in [-0.15, -0.1) is 0 Å². The molecule has 1 amide bonds. The van der Waals surface area contributed by atoms with Gasteiger partial charge in [0.15, 0.2) is 11.6 Å². The summed E-state index contributed by atoms with van der Waals surface area (Å²) in [6, 6.07) is 2.50. The summed E-state index contributed by atoms with van der Waals surface area (Å²) >= 11 is 0. The topological polar surface area (TPSA) is 76.2 Å². The van der Waals surface area contributed by atoms with Crippen LogP contribution in [0.15, 0.2) is 23.1 Å². The van der Waals surface area contributed by atoms with Crippen LogP contribution in [0.4, 0.5) is 8.78 Å². The van der Waals surface area contributed by atoms with Gasteiger partial charge in [0.2, 0.25) is 15.9 Å². The molecule has 2 fully saturated rings. The second-order valence-electron chi connectivity index (χ2n) is 7.08. The van der Waals surface area contributed by atoms with Crippen LogP contribution < -0.4 is 0 Å². The fourth-order valence-corrected chi connectivity index (χ4v) is 5.30. The highest BCUT2D eigenvalue weighted by molar-refractivity contribution is 7.89. The zero-order chi connectivity index (χ0) is 20.4. The van der Waals surface area contributed by atoms with Crippen LogP contribution in [-0.4, -0.2) is 75.6 Å². The maximum absolute atomic E-state index is 13.6. The van der Waals surface area contributed by atoms with Gasteiger partial charge in [0.1, 0.15) is 0 Å². The number of carbonyl (C=O) groups is 1. The van der Waals surface area contributed by atoms with E-state index in [1.807, 2.05) is 0 Å². The van der Waals surface area contributed by atoms with Gasteiger partial charge in [0.05, 0.1) is 17.0 Å². The van der Waals surface area contributed by atoms with Gasteiger partial charge in [0, 0.05) is 46.4 Å². The maximum atomic E-state index is 13.6. The Hall–Kier alpha value is -1.62. The number of halogens is 2. The van der Waals surface area contributed by atoms with Crippen molar-refractivity contribution in [3.05, 3.63) is 29.8 Å². The van der Waals surface area contributed by atoms with Crippen molar-refractivity contribution in [2.24, 2.45) is 0 Å². The molecule has 1 spiro atoms. The predicted octanol–water partition coefficient (Wildman–Crippen LogP) is 1.38. The highest BCUT2D eigenvalue weighted by Gasteiger charge is 2.48. The highest BCUT2D eigenvalue weighted by atomic mass is 32.2. The number of nitrogens with zero attached hydrogens (tertiary/aromatic N) is 2. The molecule has 3 rings (SSSR count). The van der Waals surface area contributed by atoms with Crippen molar-refractivity contribution < 1.29 is 31.5 Å². The number of carbonyl (C=O) groups excluding carboxylic acids is 1. The van der Waals surface area contributed by atoms with Crippen molar-refractivity contribution in [2.45, 2.75) is 29.7 Å². The quantitative estimate of drug-likeness (QED) is 0.653. The molecule has 1 unspecified atom stereocenters. The van der Waals surface area contributed by atoms with E-state index >= 15 is 0 Å². The lowest BCUT2D eigenvalue weighted by atomic mass is 9.96. The minimum absolute atomic E-state index is 0.0115. The standard InChI is InChI=1S/C18H24F2N2O5S/c1-26-9-2-7-22-17(23)5-8-21(12-18(22)6-10-27-13-18)28(24,25)14-3-4-15(19)16(20)11-14/h3-4,11H,2,5-10,12-13H2,1H3. The molecule has 1 aromatic rings. The lowest BCUT2D eigenvalue weighted by molar-refractivity contribution is -0.136. The Bertz CT molecular complexity index is 827. The number of ether oxygens (including phenoxy) is 2. The predicted molar refractivity (Wildman–Crippen MR) is 96.1 cm³/mol. The van der Waals surface area contributed by atoms with E-state index < -0.39 is 27.2 Å². The molecule has 2 aliphatic heterocycles. The maximum Gasteiger partial charge on any atom is 0.243 e. The molecule has 0 bridgehead atoms. The zero-order valence-electron chi connectivity index (χ0n) is 15.7. The van der Waals surface area contributed by atoms with Gasteiger partial charge in [-0.2, -0.15) is 4.31 Å². The molecule has 0 N–H and O–H groups in total. The number of methoxy groups -OCH3 is 1. The lowest BCUT2D eigenvalue weighted by Gasteiger charge is -2.40. The van der Waals surface area contributed by atoms with E-state index in [4.69, 9.17) is 9.47 Å². The van der Waals surface area contributed by atoms with Crippen LogP contribution >= 0.6 is 0 Å². The van der Waals surface area contributed by atoms with Crippen molar-refractivity contribution in [1.29, 1.82) is 0 Å². The number of hydrogen-bond acceptors (Lipinski definition) is 5. The third-order valence-corrected chi connectivity index (χ3v) is 7.10. The Balaban J connectivity index is 1.91. The first-order valence-corrected chi connectivity index (χ1v) is 10.6. The Labute approximate surface area is 163 Å². The van der Waals surface area contributed by atoms with Crippen LogP contribution in [0, 0.1) is 11.6 Å². The van der Waals surface area contributed by atoms with Crippen LogP contribution in [0.3, 0.4) is 0 Å². The van der Waals surface area contributed by atoms with Crippen LogP contribution in [-0.2, 0) is 24.3 Å². The Morgan fingerprint density at radius 1 is 1.29 bits per heavy atom. The van der Waals surface area contributed by atoms with Gasteiger partial charge >= 0.3 is 0 Å². The van der Waals surface area contributed by atoms with E-state index in [1.54, 1.807) is 12.0 Å². The minimum atomic E-state index is -4.09. The Morgan fingerprint density at radius 2 is 2.07 bits per heavy atom. The number of benzene rings is 1. The SMILES string of the molecule is COCCCN1C(=O)CCN(S(=O)(=O)c2ccc(F)c(F)c2)CC12CCOC2. The minimum Gasteiger partial charge on any atom is -0.385 e. The van der Waals surface area contributed by atoms with Gasteiger partial charge < -0.3 is 14.4 Å². The fourth-order valence-electron chi connectivity index (χ4n) is 3.77. The highest BCUT2D eigenvalue weighted by Crippen LogP contribution is 2.33. The summed E-state index contributed by atoms with van der Waals surface area (Å²) in [5, 5.41) is 0. The fraction of sp³-hybridized carbons (Fsp3) is 0.611. The first-order chi connectivity index (χ1) is 13.3. The monoisotopic (exact) mass is 418 g/mol. The van der Waals surface area contributed by atoms with Gasteiger partial charge in [-0.3, -0.25) is 4.79 Å². The van der Waals surface area contributed by atoms with Crippen LogP contribution in [0.25, 0.3) is 0 Å². The smallest absolute Gasteiger partial charge is 0.243 e. The molecule has 0 aliphatic carbocycles. The lowest BCUT2D eigenvalue weighted by Crippen LogP contribution is -2.57. The molecule has 1 aromatic carbocycles. The molecule has 0 saturated carbocycles. The second kappa shape index (κ2) is 8.40. The summed E-state index contributed by atoms with van der Waals surface area (Å²) in [5.41, 5.74) is -0.771. The van der Waals surface area contributed by atoms with Crippen molar-refractivity contribution in [1.82, 2.24) is 9.21 Å². The summed E-state index contributed by atoms with van der Waals surface area (Å²) in [4.78, 5) is 14.2. The average molecular weight is 418 g/mol. The third-order valence-electron chi connectivity index (χ3n) is 5.26. The van der Waals surface area contributed by atoms with Crippen LogP contribution in [0.1, 0.15) is 19.3 Å². The summed E-state index contributed by atoms with van der Waals surface area (Å²) in [6.45, 7) is 1.60. The number of hydrogen-bond donors (Lipinski definition) is 0. The van der Waals surface area contributed by atoms with E-state index in [1.165, 1.54) is 4.31 Å². The summed E-state index contributed by atoms with van der Waals surface area (Å²) in [6.07, 6.45) is 1.15. The van der Waals surface area contributed by atoms with Gasteiger partial charge in [0.25, 0.3) is 0 Å². The number of sulfonamides is 1. The largest absolute Gasteiger partial charge is 0.385 e. The first kappa shape index (κ1) is 21.1. The number of amides is 1. The van der Waals surface area contributed by atoms with Gasteiger partial charge in [-0.1, -0.05) is 0 Å². The second-order valence-corrected chi connectivity index (χ2v) is 9.02. The van der Waals surface area contributed by atoms with Crippen LogP contribution in [0.5, 0.6) is 0 Å². The molecule has 10 heteroatoms. The average Bonchev–Trinajstić information content (AvgIpc) is 3.07. The molecular formula is C18H24F2N2O5S. The summed E-state index contributed by atoms with van der Waals surface area (Å²) < 4.78 is 64.7. The molecule has 2 heterocycles. The van der Waals surface area contributed by atoms with Crippen molar-refractivity contribution in [3.8, 4) is 0 Å². The molecule has 156 valence electrons. The van der Waals surface area contributed by atoms with E-state index in [0.29, 0.717) is 38.7 Å². The van der Waals surface area contributed by atoms with E-state index in [-0.39, 0.29) is 36.9 Å². The zero-order valence-corrected chi connectivity index (χ0v) is 16.5. The molecule has 7 nitrogen and oxygen atoms in total. The molecule has 0 radical (unpaired) electrons. The van der Waals surface area contributed by atoms with Crippen molar-refractivity contribution in [2.75, 3.05) is 46.6 Å². The summed E-state index contributed by atoms with van der Waals surface area (Å²) in [7, 11) is -2.51. The van der Waals surface area contributed by atoms with E-state index in [2.05, 4.69) is 0 Å². The van der Waals surface area contributed by atoms with Crippen molar-refractivity contribution >= 4 is 15.9 Å². The Kier molecular flexibility index (Phi) is 6.33. The first-order valence-electron chi connectivity index (χ1n) is 9.12. The molecule has 0 aromatic heterocycles. The van der Waals surface area contributed by atoms with E-state index in [0.717, 1.165) is 12.1 Å². The van der Waals surface area contributed by atoms with Crippen LogP contribution in [0.2, 0.25) is 0 Å². The third kappa shape index (κ3) is 4.05. The molecular weight excluding hydrogens is 394 g/mol. The van der Waals surface area contributed by atoms with Gasteiger partial charge in [-0.05, 0) is 31.0 Å². The molecule has 2 aliphatic rings. The molecule has 1 atom stereocenters. The molecule has 2 saturated heterocycles.